The molecule has 3 aromatic rings. The second-order valence-corrected chi connectivity index (χ2v) is 10.1. The smallest absolute Gasteiger partial charge is 0.325 e. The maximum absolute atomic E-state index is 13.0. The number of aliphatic carboxylic acids is 1. The van der Waals surface area contributed by atoms with Gasteiger partial charge in [0.15, 0.2) is 9.84 Å². The molecule has 0 bridgehead atoms. The molecule has 0 radical (unpaired) electrons. The number of sulfone groups is 1. The summed E-state index contributed by atoms with van der Waals surface area (Å²) in [6, 6.07) is 9.29. The zero-order valence-electron chi connectivity index (χ0n) is 17.4. The number of nitrogens with zero attached hydrogens (tertiary/aromatic N) is 2. The Morgan fingerprint density at radius 1 is 1.27 bits per heavy atom. The van der Waals surface area contributed by atoms with Crippen molar-refractivity contribution in [1.29, 1.82) is 0 Å². The Morgan fingerprint density at radius 2 is 2.03 bits per heavy atom. The minimum absolute atomic E-state index is 0.0315. The summed E-state index contributed by atoms with van der Waals surface area (Å²) in [5.41, 5.74) is 1.63. The van der Waals surface area contributed by atoms with E-state index in [0.717, 1.165) is 17.7 Å². The van der Waals surface area contributed by atoms with Crippen LogP contribution in [0.15, 0.2) is 53.6 Å². The molecule has 0 aliphatic heterocycles. The Labute approximate surface area is 194 Å². The van der Waals surface area contributed by atoms with Crippen LogP contribution >= 0.6 is 11.6 Å². The van der Waals surface area contributed by atoms with Gasteiger partial charge < -0.3 is 9.84 Å². The van der Waals surface area contributed by atoms with Gasteiger partial charge in [0.05, 0.1) is 16.1 Å². The van der Waals surface area contributed by atoms with Crippen molar-refractivity contribution >= 4 is 27.4 Å². The van der Waals surface area contributed by atoms with Crippen molar-refractivity contribution in [3.05, 3.63) is 70.8 Å². The van der Waals surface area contributed by atoms with Crippen LogP contribution in [0.1, 0.15) is 30.1 Å². The Kier molecular flexibility index (Phi) is 6.68. The first-order valence-electron chi connectivity index (χ1n) is 10.2. The van der Waals surface area contributed by atoms with Crippen molar-refractivity contribution in [2.75, 3.05) is 5.88 Å². The lowest BCUT2D eigenvalue weighted by Crippen LogP contribution is -2.30. The van der Waals surface area contributed by atoms with Crippen LogP contribution in [0.3, 0.4) is 0 Å². The molecule has 0 saturated heterocycles. The second kappa shape index (κ2) is 9.50. The molecule has 174 valence electrons. The van der Waals surface area contributed by atoms with Gasteiger partial charge in [0, 0.05) is 17.3 Å². The first-order chi connectivity index (χ1) is 15.7. The highest BCUT2D eigenvalue weighted by atomic mass is 35.5. The van der Waals surface area contributed by atoms with Crippen LogP contribution in [0.4, 0.5) is 4.39 Å². The van der Waals surface area contributed by atoms with E-state index < -0.39 is 21.6 Å². The molecule has 0 spiro atoms. The fraction of sp³-hybridized carbons (Fsp3) is 0.273. The Morgan fingerprint density at radius 3 is 2.73 bits per heavy atom. The first-order valence-corrected chi connectivity index (χ1v) is 12.2. The molecule has 2 aromatic carbocycles. The lowest BCUT2D eigenvalue weighted by molar-refractivity contribution is -0.137. The van der Waals surface area contributed by atoms with Gasteiger partial charge in [0.25, 0.3) is 0 Å². The molecular formula is C22H21ClFN3O5S. The van der Waals surface area contributed by atoms with Gasteiger partial charge in [-0.15, -0.1) is 0 Å². The summed E-state index contributed by atoms with van der Waals surface area (Å²) >= 11 is 6.23. The minimum Gasteiger partial charge on any atom is -0.480 e. The summed E-state index contributed by atoms with van der Waals surface area (Å²) in [7, 11) is -3.71. The number of hydrogen-bond donors (Lipinski definition) is 2. The molecular weight excluding hydrogens is 473 g/mol. The molecule has 4 rings (SSSR count). The van der Waals surface area contributed by atoms with Crippen LogP contribution in [0.25, 0.3) is 0 Å². The molecule has 0 unspecified atom stereocenters. The highest BCUT2D eigenvalue weighted by Gasteiger charge is 2.26. The summed E-state index contributed by atoms with van der Waals surface area (Å²) in [5.74, 6) is -1.09. The molecule has 33 heavy (non-hydrogen) atoms. The standard InChI is InChI=1S/C22H21ClFN3O5S/c23-18-10-16(8-9-21(18)32-15-6-4-14(24)5-7-15)33(30,31)13-25-19-2-1-3-20-17(19)11-26-27(20)12-22(28)29/h4-11,19,25H,1-3,12-13H2,(H,28,29)/t19-/m1/s1. The quantitative estimate of drug-likeness (QED) is 0.488. The second-order valence-electron chi connectivity index (χ2n) is 7.65. The Bertz CT molecular complexity index is 1280. The van der Waals surface area contributed by atoms with Gasteiger partial charge in [0.1, 0.15) is 29.7 Å². The van der Waals surface area contributed by atoms with Crippen molar-refractivity contribution in [2.45, 2.75) is 36.7 Å². The average molecular weight is 494 g/mol. The van der Waals surface area contributed by atoms with Gasteiger partial charge in [-0.3, -0.25) is 14.8 Å². The minimum atomic E-state index is -3.71. The van der Waals surface area contributed by atoms with Gasteiger partial charge >= 0.3 is 5.97 Å². The fourth-order valence-corrected chi connectivity index (χ4v) is 5.22. The molecule has 1 heterocycles. The monoisotopic (exact) mass is 493 g/mol. The third-order valence-corrected chi connectivity index (χ3v) is 7.19. The van der Waals surface area contributed by atoms with Crippen molar-refractivity contribution < 1.29 is 27.4 Å². The van der Waals surface area contributed by atoms with Crippen LogP contribution in [-0.2, 0) is 27.6 Å². The lowest BCUT2D eigenvalue weighted by atomic mass is 9.93. The molecule has 0 saturated carbocycles. The molecule has 2 N–H and O–H groups in total. The summed E-state index contributed by atoms with van der Waals surface area (Å²) < 4.78 is 45.9. The number of carboxylic acid groups (broad SMARTS) is 1. The van der Waals surface area contributed by atoms with Crippen LogP contribution in [0.2, 0.25) is 5.02 Å². The zero-order chi connectivity index (χ0) is 23.6. The van der Waals surface area contributed by atoms with Crippen LogP contribution < -0.4 is 10.1 Å². The molecule has 0 amide bonds. The average Bonchev–Trinajstić information content (AvgIpc) is 3.18. The predicted octanol–water partition coefficient (Wildman–Crippen LogP) is 3.95. The van der Waals surface area contributed by atoms with Crippen LogP contribution in [0, 0.1) is 5.82 Å². The van der Waals surface area contributed by atoms with Crippen LogP contribution in [-0.4, -0.2) is 35.2 Å². The summed E-state index contributed by atoms with van der Waals surface area (Å²) in [6.07, 6.45) is 3.79. The zero-order valence-corrected chi connectivity index (χ0v) is 18.9. The summed E-state index contributed by atoms with van der Waals surface area (Å²) in [4.78, 5) is 11.1. The number of aromatic nitrogens is 2. The number of carboxylic acids is 1. The maximum atomic E-state index is 13.0. The topological polar surface area (TPSA) is 111 Å². The van der Waals surface area contributed by atoms with E-state index in [2.05, 4.69) is 10.4 Å². The van der Waals surface area contributed by atoms with Gasteiger partial charge in [-0.05, 0) is 61.7 Å². The van der Waals surface area contributed by atoms with E-state index in [-0.39, 0.29) is 34.1 Å². The van der Waals surface area contributed by atoms with E-state index in [9.17, 15) is 17.6 Å². The fourth-order valence-electron chi connectivity index (χ4n) is 3.78. The third-order valence-electron chi connectivity index (χ3n) is 5.37. The molecule has 1 aliphatic rings. The van der Waals surface area contributed by atoms with E-state index in [1.54, 1.807) is 6.20 Å². The molecule has 11 heteroatoms. The number of carbonyl (C=O) groups is 1. The number of ether oxygens (including phenoxy) is 1. The highest BCUT2D eigenvalue weighted by Crippen LogP contribution is 2.33. The molecule has 1 aliphatic carbocycles. The normalized spacial score (nSPS) is 15.8. The van der Waals surface area contributed by atoms with E-state index >= 15 is 0 Å². The van der Waals surface area contributed by atoms with Gasteiger partial charge in [0.2, 0.25) is 0 Å². The van der Waals surface area contributed by atoms with Crippen LogP contribution in [0.5, 0.6) is 11.5 Å². The number of hydrogen-bond acceptors (Lipinski definition) is 6. The van der Waals surface area contributed by atoms with Crippen molar-refractivity contribution in [3.63, 3.8) is 0 Å². The van der Waals surface area contributed by atoms with Crippen molar-refractivity contribution in [2.24, 2.45) is 0 Å². The molecule has 1 atom stereocenters. The van der Waals surface area contributed by atoms with E-state index in [1.165, 1.54) is 47.1 Å². The largest absolute Gasteiger partial charge is 0.480 e. The molecule has 0 fully saturated rings. The lowest BCUT2D eigenvalue weighted by Gasteiger charge is -2.24. The van der Waals surface area contributed by atoms with Gasteiger partial charge in [-0.1, -0.05) is 11.6 Å². The predicted molar refractivity (Wildman–Crippen MR) is 119 cm³/mol. The SMILES string of the molecule is O=C(O)Cn1ncc2c1CCC[C@H]2NCS(=O)(=O)c1ccc(Oc2ccc(F)cc2)c(Cl)c1. The number of halogens is 2. The highest BCUT2D eigenvalue weighted by molar-refractivity contribution is 7.91. The van der Waals surface area contributed by atoms with E-state index in [0.29, 0.717) is 18.6 Å². The van der Waals surface area contributed by atoms with E-state index in [1.807, 2.05) is 0 Å². The maximum Gasteiger partial charge on any atom is 0.325 e. The third kappa shape index (κ3) is 5.35. The number of fused-ring (bicyclic) bond motifs is 1. The Balaban J connectivity index is 1.45. The summed E-state index contributed by atoms with van der Waals surface area (Å²) in [5, 5.41) is 16.3. The molecule has 8 nitrogen and oxygen atoms in total. The van der Waals surface area contributed by atoms with Crippen molar-refractivity contribution in [1.82, 2.24) is 15.1 Å². The molecule has 1 aromatic heterocycles. The number of benzene rings is 2. The Hall–Kier alpha value is -2.95. The number of nitrogens with one attached hydrogen (secondary N) is 1. The first kappa shape index (κ1) is 23.2. The van der Waals surface area contributed by atoms with Crippen molar-refractivity contribution in [3.8, 4) is 11.5 Å². The van der Waals surface area contributed by atoms with Gasteiger partial charge in [-0.2, -0.15) is 5.10 Å². The summed E-state index contributed by atoms with van der Waals surface area (Å²) in [6.45, 7) is -0.231. The van der Waals surface area contributed by atoms with Gasteiger partial charge in [-0.25, -0.2) is 12.8 Å². The van der Waals surface area contributed by atoms with E-state index in [4.69, 9.17) is 21.4 Å². The number of rotatable bonds is 8.